The van der Waals surface area contributed by atoms with Crippen LogP contribution in [0.1, 0.15) is 58.8 Å². The number of ether oxygens (including phenoxy) is 4. The molecule has 1 aromatic heterocycles. The molecule has 0 spiro atoms. The van der Waals surface area contributed by atoms with Gasteiger partial charge in [0.15, 0.2) is 18.1 Å². The summed E-state index contributed by atoms with van der Waals surface area (Å²) >= 11 is 0. The molecule has 190 valence electrons. The first-order valence-electron chi connectivity index (χ1n) is 12.0. The van der Waals surface area contributed by atoms with Gasteiger partial charge in [0.2, 0.25) is 5.78 Å². The summed E-state index contributed by atoms with van der Waals surface area (Å²) in [7, 11) is 0. The standard InChI is InChI=1S/C26H34N2O7/c1-5-32-23-10-9-19(13-24(23)33-6-2)26(31)27-14-25(30)35-16-22(29)21-12-17(3)28(18(21)4)15-20-8-7-11-34-20/h9-10,12-13,20H,5-8,11,14-16H2,1-4H3,(H,27,31). The molecule has 1 atom stereocenters. The molecule has 0 bridgehead atoms. The van der Waals surface area contributed by atoms with Gasteiger partial charge in [-0.25, -0.2) is 0 Å². The Morgan fingerprint density at radius 3 is 2.51 bits per heavy atom. The van der Waals surface area contributed by atoms with Gasteiger partial charge in [-0.2, -0.15) is 0 Å². The molecule has 9 nitrogen and oxygen atoms in total. The molecule has 1 N–H and O–H groups in total. The molecule has 1 aliphatic heterocycles. The summed E-state index contributed by atoms with van der Waals surface area (Å²) in [5.41, 5.74) is 2.63. The van der Waals surface area contributed by atoms with Crippen molar-refractivity contribution in [1.82, 2.24) is 9.88 Å². The Hall–Kier alpha value is -3.33. The summed E-state index contributed by atoms with van der Waals surface area (Å²) in [6.45, 7) is 9.12. The highest BCUT2D eigenvalue weighted by Crippen LogP contribution is 2.28. The fourth-order valence-electron chi connectivity index (χ4n) is 4.08. The van der Waals surface area contributed by atoms with Gasteiger partial charge in [0.1, 0.15) is 6.54 Å². The van der Waals surface area contributed by atoms with Gasteiger partial charge in [-0.15, -0.1) is 0 Å². The van der Waals surface area contributed by atoms with Crippen molar-refractivity contribution in [2.45, 2.75) is 53.2 Å². The number of benzene rings is 1. The number of aryl methyl sites for hydroxylation is 1. The summed E-state index contributed by atoms with van der Waals surface area (Å²) in [6, 6.07) is 6.61. The number of hydrogen-bond donors (Lipinski definition) is 1. The van der Waals surface area contributed by atoms with Crippen molar-refractivity contribution in [3.8, 4) is 11.5 Å². The van der Waals surface area contributed by atoms with Gasteiger partial charge in [-0.3, -0.25) is 14.4 Å². The number of Topliss-reactive ketones (excluding diaryl/α,β-unsaturated/α-hetero) is 1. The molecule has 0 aliphatic carbocycles. The molecule has 0 saturated carbocycles. The van der Waals surface area contributed by atoms with E-state index in [4.69, 9.17) is 18.9 Å². The number of nitrogens with one attached hydrogen (secondary N) is 1. The first kappa shape index (κ1) is 26.3. The van der Waals surface area contributed by atoms with E-state index in [1.165, 1.54) is 0 Å². The first-order chi connectivity index (χ1) is 16.8. The lowest BCUT2D eigenvalue weighted by Crippen LogP contribution is -2.31. The summed E-state index contributed by atoms with van der Waals surface area (Å²) < 4.78 is 23.9. The lowest BCUT2D eigenvalue weighted by atomic mass is 10.1. The monoisotopic (exact) mass is 486 g/mol. The van der Waals surface area contributed by atoms with Crippen molar-refractivity contribution in [3.05, 3.63) is 46.8 Å². The Morgan fingerprint density at radius 1 is 1.09 bits per heavy atom. The van der Waals surface area contributed by atoms with Crippen LogP contribution in [0.25, 0.3) is 0 Å². The second-order valence-corrected chi connectivity index (χ2v) is 8.32. The van der Waals surface area contributed by atoms with Crippen molar-refractivity contribution < 1.29 is 33.3 Å². The Morgan fingerprint density at radius 2 is 1.83 bits per heavy atom. The number of carbonyl (C=O) groups excluding carboxylic acids is 3. The summed E-state index contributed by atoms with van der Waals surface area (Å²) in [6.07, 6.45) is 2.21. The van der Waals surface area contributed by atoms with E-state index >= 15 is 0 Å². The number of rotatable bonds is 12. The molecule has 35 heavy (non-hydrogen) atoms. The molecular weight excluding hydrogens is 452 g/mol. The van der Waals surface area contributed by atoms with Crippen molar-refractivity contribution in [2.75, 3.05) is 33.0 Å². The third-order valence-electron chi connectivity index (χ3n) is 5.85. The van der Waals surface area contributed by atoms with Crippen molar-refractivity contribution in [2.24, 2.45) is 0 Å². The maximum absolute atomic E-state index is 12.7. The van der Waals surface area contributed by atoms with Crippen LogP contribution >= 0.6 is 0 Å². The molecule has 1 saturated heterocycles. The summed E-state index contributed by atoms with van der Waals surface area (Å²) in [5.74, 6) is -0.457. The van der Waals surface area contributed by atoms with Crippen LogP contribution in [-0.4, -0.2) is 61.3 Å². The van der Waals surface area contributed by atoms with Gasteiger partial charge < -0.3 is 28.8 Å². The van der Waals surface area contributed by atoms with Crippen LogP contribution in [0.3, 0.4) is 0 Å². The molecular formula is C26H34N2O7. The second-order valence-electron chi connectivity index (χ2n) is 8.32. The first-order valence-corrected chi connectivity index (χ1v) is 12.0. The van der Waals surface area contributed by atoms with Gasteiger partial charge in [0.25, 0.3) is 5.91 Å². The molecule has 1 aliphatic rings. The number of nitrogens with zero attached hydrogens (tertiary/aromatic N) is 1. The van der Waals surface area contributed by atoms with Crippen LogP contribution < -0.4 is 14.8 Å². The largest absolute Gasteiger partial charge is 0.490 e. The Kier molecular flexibility index (Phi) is 9.31. The van der Waals surface area contributed by atoms with Gasteiger partial charge >= 0.3 is 5.97 Å². The van der Waals surface area contributed by atoms with Gasteiger partial charge in [0.05, 0.1) is 19.3 Å². The zero-order chi connectivity index (χ0) is 25.4. The molecule has 0 radical (unpaired) electrons. The van der Waals surface area contributed by atoms with Crippen molar-refractivity contribution >= 4 is 17.7 Å². The van der Waals surface area contributed by atoms with E-state index in [2.05, 4.69) is 9.88 Å². The maximum atomic E-state index is 12.7. The van der Waals surface area contributed by atoms with E-state index in [0.29, 0.717) is 42.4 Å². The Bertz CT molecular complexity index is 1050. The normalized spacial score (nSPS) is 15.0. The third-order valence-corrected chi connectivity index (χ3v) is 5.85. The Balaban J connectivity index is 1.51. The van der Waals surface area contributed by atoms with Crippen LogP contribution in [-0.2, 0) is 20.8 Å². The van der Waals surface area contributed by atoms with Crippen LogP contribution in [0.4, 0.5) is 0 Å². The highest BCUT2D eigenvalue weighted by molar-refractivity contribution is 6.00. The summed E-state index contributed by atoms with van der Waals surface area (Å²) in [4.78, 5) is 37.3. The molecule has 2 heterocycles. The highest BCUT2D eigenvalue weighted by Gasteiger charge is 2.22. The smallest absolute Gasteiger partial charge is 0.325 e. The third kappa shape index (κ3) is 6.85. The fraction of sp³-hybridized carbons (Fsp3) is 0.500. The minimum absolute atomic E-state index is 0.157. The quantitative estimate of drug-likeness (QED) is 0.363. The van der Waals surface area contributed by atoms with Crippen LogP contribution in [0.5, 0.6) is 11.5 Å². The average molecular weight is 487 g/mol. The molecule has 1 unspecified atom stereocenters. The van der Waals surface area contributed by atoms with Gasteiger partial charge in [0, 0.05) is 35.7 Å². The van der Waals surface area contributed by atoms with E-state index < -0.39 is 18.5 Å². The molecule has 1 fully saturated rings. The van der Waals surface area contributed by atoms with Gasteiger partial charge in [-0.05, 0) is 64.8 Å². The molecule has 1 amide bonds. The van der Waals surface area contributed by atoms with E-state index in [0.717, 1.165) is 30.8 Å². The number of amides is 1. The predicted molar refractivity (Wildman–Crippen MR) is 129 cm³/mol. The Labute approximate surface area is 205 Å². The molecule has 1 aromatic carbocycles. The zero-order valence-electron chi connectivity index (χ0n) is 20.8. The summed E-state index contributed by atoms with van der Waals surface area (Å²) in [5, 5.41) is 2.51. The number of aromatic nitrogens is 1. The minimum atomic E-state index is -0.698. The number of ketones is 1. The average Bonchev–Trinajstić information content (AvgIpc) is 3.46. The van der Waals surface area contributed by atoms with Crippen molar-refractivity contribution in [3.63, 3.8) is 0 Å². The van der Waals surface area contributed by atoms with Gasteiger partial charge in [-0.1, -0.05) is 0 Å². The van der Waals surface area contributed by atoms with Crippen LogP contribution in [0.2, 0.25) is 0 Å². The van der Waals surface area contributed by atoms with E-state index in [9.17, 15) is 14.4 Å². The fourth-order valence-corrected chi connectivity index (χ4v) is 4.08. The topological polar surface area (TPSA) is 105 Å². The number of hydrogen-bond acceptors (Lipinski definition) is 7. The van der Waals surface area contributed by atoms with E-state index in [-0.39, 0.29) is 18.4 Å². The number of carbonyl (C=O) groups is 3. The molecule has 3 rings (SSSR count). The minimum Gasteiger partial charge on any atom is -0.490 e. The van der Waals surface area contributed by atoms with Crippen molar-refractivity contribution in [1.29, 1.82) is 0 Å². The second kappa shape index (κ2) is 12.4. The predicted octanol–water partition coefficient (Wildman–Crippen LogP) is 3.24. The SMILES string of the molecule is CCOc1ccc(C(=O)NCC(=O)OCC(=O)c2cc(C)n(CC3CCCO3)c2C)cc1OCC. The van der Waals surface area contributed by atoms with Crippen LogP contribution in [0.15, 0.2) is 24.3 Å². The maximum Gasteiger partial charge on any atom is 0.325 e. The zero-order valence-corrected chi connectivity index (χ0v) is 20.8. The highest BCUT2D eigenvalue weighted by atomic mass is 16.5. The van der Waals surface area contributed by atoms with E-state index in [1.807, 2.05) is 33.8 Å². The molecule has 2 aromatic rings. The molecule has 9 heteroatoms. The number of esters is 1. The van der Waals surface area contributed by atoms with E-state index in [1.54, 1.807) is 18.2 Å². The van der Waals surface area contributed by atoms with Crippen LogP contribution in [0, 0.1) is 13.8 Å². The lowest BCUT2D eigenvalue weighted by molar-refractivity contribution is -0.141. The lowest BCUT2D eigenvalue weighted by Gasteiger charge is -2.14.